The lowest BCUT2D eigenvalue weighted by Crippen LogP contribution is -2.18. The lowest BCUT2D eigenvalue weighted by atomic mass is 10.1. The molecule has 0 saturated carbocycles. The summed E-state index contributed by atoms with van der Waals surface area (Å²) in [4.78, 5) is 20.5. The van der Waals surface area contributed by atoms with Gasteiger partial charge in [-0.3, -0.25) is 13.9 Å². The van der Waals surface area contributed by atoms with Crippen molar-refractivity contribution in [1.29, 1.82) is 0 Å². The van der Waals surface area contributed by atoms with Gasteiger partial charge in [-0.05, 0) is 30.5 Å². The van der Waals surface area contributed by atoms with E-state index in [0.29, 0.717) is 52.1 Å². The van der Waals surface area contributed by atoms with E-state index in [1.165, 1.54) is 0 Å². The van der Waals surface area contributed by atoms with Crippen LogP contribution in [0.2, 0.25) is 0 Å². The summed E-state index contributed by atoms with van der Waals surface area (Å²) in [5.41, 5.74) is 2.86. The molecule has 2 heterocycles. The van der Waals surface area contributed by atoms with Gasteiger partial charge in [-0.2, -0.15) is 10.6 Å². The first-order chi connectivity index (χ1) is 13.9. The number of anilines is 2. The first-order valence-corrected chi connectivity index (χ1v) is 10.9. The number of nitrogens with one attached hydrogen (secondary N) is 1. The maximum atomic E-state index is 10.9. The number of carboxylic acid groups (broad SMARTS) is 1. The van der Waals surface area contributed by atoms with Crippen LogP contribution in [0.3, 0.4) is 0 Å². The molecule has 8 heteroatoms. The van der Waals surface area contributed by atoms with Gasteiger partial charge >= 0.3 is 5.97 Å². The standard InChI is InChI=1S/C21H21N3O4S/c25-18(26)13-14-8-10-16(11-9-14)22-21-19-17(7-4-12-29(19,27)28)23-20(24-21)15-5-2-1-3-6-15/h1-3,5-6,8-11,27-28H,4,7,12-13H2,(H,25,26)(H,22,23,24). The van der Waals surface area contributed by atoms with Gasteiger partial charge in [0.2, 0.25) is 0 Å². The smallest absolute Gasteiger partial charge is 0.307 e. The molecule has 0 amide bonds. The van der Waals surface area contributed by atoms with E-state index in [4.69, 9.17) is 5.11 Å². The van der Waals surface area contributed by atoms with E-state index < -0.39 is 16.6 Å². The summed E-state index contributed by atoms with van der Waals surface area (Å²) in [7, 11) is -2.98. The Morgan fingerprint density at radius 2 is 1.76 bits per heavy atom. The molecular weight excluding hydrogens is 390 g/mol. The molecule has 2 aromatic carbocycles. The zero-order valence-corrected chi connectivity index (χ0v) is 16.4. The van der Waals surface area contributed by atoms with Crippen LogP contribution in [0.25, 0.3) is 11.4 Å². The van der Waals surface area contributed by atoms with Gasteiger partial charge in [0.25, 0.3) is 0 Å². The molecule has 0 bridgehead atoms. The summed E-state index contributed by atoms with van der Waals surface area (Å²) in [6.07, 6.45) is 1.26. The minimum absolute atomic E-state index is 0.0537. The minimum Gasteiger partial charge on any atom is -0.481 e. The molecule has 0 saturated heterocycles. The van der Waals surface area contributed by atoms with Crippen molar-refractivity contribution in [1.82, 2.24) is 9.97 Å². The lowest BCUT2D eigenvalue weighted by molar-refractivity contribution is -0.136. The van der Waals surface area contributed by atoms with E-state index in [0.717, 1.165) is 5.56 Å². The van der Waals surface area contributed by atoms with Crippen molar-refractivity contribution in [3.63, 3.8) is 0 Å². The predicted octanol–water partition coefficient (Wildman–Crippen LogP) is 4.57. The number of nitrogens with zero attached hydrogens (tertiary/aromatic N) is 2. The Balaban J connectivity index is 1.75. The summed E-state index contributed by atoms with van der Waals surface area (Å²) in [6.45, 7) is 0. The molecule has 4 N–H and O–H groups in total. The third-order valence-corrected chi connectivity index (χ3v) is 6.65. The number of carbonyl (C=O) groups is 1. The highest BCUT2D eigenvalue weighted by molar-refractivity contribution is 8.24. The van der Waals surface area contributed by atoms with Gasteiger partial charge in [-0.15, -0.1) is 0 Å². The summed E-state index contributed by atoms with van der Waals surface area (Å²) >= 11 is 0. The number of fused-ring (bicyclic) bond motifs is 1. The first-order valence-electron chi connectivity index (χ1n) is 9.22. The Labute approximate surface area is 169 Å². The average molecular weight is 411 g/mol. The van der Waals surface area contributed by atoms with E-state index in [9.17, 15) is 13.9 Å². The fraction of sp³-hybridized carbons (Fsp3) is 0.190. The summed E-state index contributed by atoms with van der Waals surface area (Å²) in [5.74, 6) is 0.295. The molecule has 1 aliphatic rings. The number of aliphatic carboxylic acids is 1. The van der Waals surface area contributed by atoms with Crippen LogP contribution in [-0.4, -0.2) is 35.9 Å². The van der Waals surface area contributed by atoms with Gasteiger partial charge in [-0.1, -0.05) is 42.5 Å². The highest BCUT2D eigenvalue weighted by Gasteiger charge is 2.30. The van der Waals surface area contributed by atoms with Gasteiger partial charge in [0.1, 0.15) is 4.90 Å². The highest BCUT2D eigenvalue weighted by Crippen LogP contribution is 2.56. The van der Waals surface area contributed by atoms with Crippen LogP contribution in [0.15, 0.2) is 59.5 Å². The summed E-state index contributed by atoms with van der Waals surface area (Å²) in [6, 6.07) is 16.5. The SMILES string of the molecule is O=C(O)Cc1ccc(Nc2nc(-c3ccccc3)nc3c2S(O)(O)CCC3)cc1. The Morgan fingerprint density at radius 1 is 1.03 bits per heavy atom. The number of hydrogen-bond donors (Lipinski definition) is 4. The van der Waals surface area contributed by atoms with Crippen LogP contribution >= 0.6 is 10.6 Å². The normalized spacial score (nSPS) is 15.9. The molecule has 4 rings (SSSR count). The van der Waals surface area contributed by atoms with Gasteiger partial charge in [0.05, 0.1) is 12.1 Å². The number of aromatic nitrogens is 2. The fourth-order valence-corrected chi connectivity index (χ4v) is 5.05. The van der Waals surface area contributed by atoms with Crippen LogP contribution in [0.5, 0.6) is 0 Å². The van der Waals surface area contributed by atoms with Gasteiger partial charge in [0.15, 0.2) is 11.6 Å². The van der Waals surface area contributed by atoms with Crippen molar-refractivity contribution in [3.8, 4) is 11.4 Å². The second-order valence-corrected chi connectivity index (χ2v) is 9.05. The first kappa shape index (κ1) is 19.4. The van der Waals surface area contributed by atoms with Crippen LogP contribution in [0.1, 0.15) is 17.7 Å². The van der Waals surface area contributed by atoms with E-state index in [-0.39, 0.29) is 6.42 Å². The molecule has 0 spiro atoms. The predicted molar refractivity (Wildman–Crippen MR) is 113 cm³/mol. The van der Waals surface area contributed by atoms with Crippen LogP contribution < -0.4 is 5.32 Å². The molecule has 7 nitrogen and oxygen atoms in total. The summed E-state index contributed by atoms with van der Waals surface area (Å²) in [5, 5.41) is 12.1. The van der Waals surface area contributed by atoms with E-state index in [1.807, 2.05) is 30.3 Å². The van der Waals surface area contributed by atoms with Crippen molar-refractivity contribution in [2.45, 2.75) is 24.2 Å². The van der Waals surface area contributed by atoms with Crippen LogP contribution in [0, 0.1) is 0 Å². The fourth-order valence-electron chi connectivity index (χ4n) is 3.37. The topological polar surface area (TPSA) is 116 Å². The van der Waals surface area contributed by atoms with Gasteiger partial charge in [0, 0.05) is 17.0 Å². The Hall–Kier alpha value is -2.94. The number of benzene rings is 2. The molecular formula is C21H21N3O4S. The maximum Gasteiger partial charge on any atom is 0.307 e. The van der Waals surface area contributed by atoms with E-state index >= 15 is 0 Å². The molecule has 0 fully saturated rings. The van der Waals surface area contributed by atoms with Crippen molar-refractivity contribution in [2.24, 2.45) is 0 Å². The third kappa shape index (κ3) is 4.24. The van der Waals surface area contributed by atoms with Crippen molar-refractivity contribution in [2.75, 3.05) is 11.1 Å². The van der Waals surface area contributed by atoms with Gasteiger partial charge < -0.3 is 10.4 Å². The number of rotatable bonds is 5. The third-order valence-electron chi connectivity index (χ3n) is 4.71. The van der Waals surface area contributed by atoms with Crippen LogP contribution in [-0.2, 0) is 17.6 Å². The monoisotopic (exact) mass is 411 g/mol. The summed E-state index contributed by atoms with van der Waals surface area (Å²) < 4.78 is 21.3. The molecule has 0 radical (unpaired) electrons. The maximum absolute atomic E-state index is 10.9. The minimum atomic E-state index is -2.98. The highest BCUT2D eigenvalue weighted by atomic mass is 32.3. The number of aryl methyl sites for hydroxylation is 1. The van der Waals surface area contributed by atoms with Gasteiger partial charge in [-0.25, -0.2) is 9.97 Å². The van der Waals surface area contributed by atoms with Crippen LogP contribution in [0.4, 0.5) is 11.5 Å². The number of hydrogen-bond acceptors (Lipinski definition) is 6. The van der Waals surface area contributed by atoms with Crippen molar-refractivity contribution < 1.29 is 19.0 Å². The van der Waals surface area contributed by atoms with E-state index in [1.54, 1.807) is 24.3 Å². The molecule has 1 aliphatic heterocycles. The second kappa shape index (κ2) is 7.82. The zero-order chi connectivity index (χ0) is 20.4. The number of carboxylic acids is 1. The molecule has 3 aromatic rings. The Morgan fingerprint density at radius 3 is 2.45 bits per heavy atom. The Kier molecular flexibility index (Phi) is 5.23. The molecule has 0 atom stereocenters. The molecule has 150 valence electrons. The van der Waals surface area contributed by atoms with Crippen molar-refractivity contribution in [3.05, 3.63) is 65.9 Å². The molecule has 29 heavy (non-hydrogen) atoms. The quantitative estimate of drug-likeness (QED) is 0.486. The molecule has 0 aliphatic carbocycles. The molecule has 0 unspecified atom stereocenters. The molecule has 1 aromatic heterocycles. The average Bonchev–Trinajstić information content (AvgIpc) is 2.69. The van der Waals surface area contributed by atoms with E-state index in [2.05, 4.69) is 15.3 Å². The second-order valence-electron chi connectivity index (χ2n) is 6.90. The lowest BCUT2D eigenvalue weighted by Gasteiger charge is -2.38. The Bertz CT molecular complexity index is 1040. The largest absolute Gasteiger partial charge is 0.481 e. The van der Waals surface area contributed by atoms with Crippen molar-refractivity contribution >= 4 is 28.1 Å². The zero-order valence-electron chi connectivity index (χ0n) is 15.6.